The third-order valence-corrected chi connectivity index (χ3v) is 2.79. The summed E-state index contributed by atoms with van der Waals surface area (Å²) in [6, 6.07) is -1.19. The number of H-pyrrole nitrogens is 1. The summed E-state index contributed by atoms with van der Waals surface area (Å²) >= 11 is 0. The molecule has 9 heteroatoms. The van der Waals surface area contributed by atoms with Crippen LogP contribution in [0.25, 0.3) is 0 Å². The Kier molecular flexibility index (Phi) is 4.43. The van der Waals surface area contributed by atoms with Gasteiger partial charge in [-0.2, -0.15) is 0 Å². The molecule has 0 saturated carbocycles. The van der Waals surface area contributed by atoms with Gasteiger partial charge in [0.1, 0.15) is 11.8 Å². The van der Waals surface area contributed by atoms with Crippen LogP contribution >= 0.6 is 0 Å². The van der Waals surface area contributed by atoms with Crippen LogP contribution in [-0.2, 0) is 25.8 Å². The first-order chi connectivity index (χ1) is 8.28. The van der Waals surface area contributed by atoms with Crippen molar-refractivity contribution in [2.75, 3.05) is 12.0 Å². The monoisotopic (exact) mass is 275 g/mol. The third kappa shape index (κ3) is 4.95. The molecule has 0 spiro atoms. The highest BCUT2D eigenvalue weighted by Gasteiger charge is 2.22. The Morgan fingerprint density at radius 3 is 2.67 bits per heavy atom. The van der Waals surface area contributed by atoms with E-state index >= 15 is 0 Å². The standard InChI is InChI=1S/C9H13N3O5S/c1-18(16,17)4-8(13)12-7(9(14)15)2-6-3-10-5-11-6/h3,5,7H,2,4H2,1H3,(H,10,11)(H,12,13)(H,14,15)/t7-/m0/s1. The number of carbonyl (C=O) groups excluding carboxylic acids is 1. The van der Waals surface area contributed by atoms with E-state index in [0.717, 1.165) is 6.26 Å². The molecular formula is C9H13N3O5S. The second-order valence-electron chi connectivity index (χ2n) is 3.81. The SMILES string of the molecule is CS(=O)(=O)CC(=O)N[C@@H](Cc1cnc[nH]1)C(=O)O. The molecule has 1 aromatic rings. The molecule has 0 aliphatic heterocycles. The Labute approximate surface area is 103 Å². The summed E-state index contributed by atoms with van der Waals surface area (Å²) in [5.74, 6) is -2.82. The Hall–Kier alpha value is -1.90. The molecule has 0 radical (unpaired) electrons. The number of aromatic amines is 1. The maximum atomic E-state index is 11.3. The van der Waals surface area contributed by atoms with Gasteiger partial charge in [0, 0.05) is 24.6 Å². The average Bonchev–Trinajstić information content (AvgIpc) is 2.66. The fraction of sp³-hybridized carbons (Fsp3) is 0.444. The lowest BCUT2D eigenvalue weighted by Gasteiger charge is -2.13. The van der Waals surface area contributed by atoms with Crippen molar-refractivity contribution in [1.82, 2.24) is 15.3 Å². The predicted molar refractivity (Wildman–Crippen MR) is 61.6 cm³/mol. The average molecular weight is 275 g/mol. The molecule has 0 unspecified atom stereocenters. The van der Waals surface area contributed by atoms with Gasteiger partial charge in [-0.15, -0.1) is 0 Å². The van der Waals surface area contributed by atoms with E-state index in [1.165, 1.54) is 12.5 Å². The molecule has 1 aromatic heterocycles. The van der Waals surface area contributed by atoms with Crippen LogP contribution in [0.15, 0.2) is 12.5 Å². The molecule has 0 bridgehead atoms. The number of nitrogens with zero attached hydrogens (tertiary/aromatic N) is 1. The van der Waals surface area contributed by atoms with Gasteiger partial charge in [-0.05, 0) is 0 Å². The Morgan fingerprint density at radius 2 is 2.22 bits per heavy atom. The van der Waals surface area contributed by atoms with Crippen molar-refractivity contribution in [2.45, 2.75) is 12.5 Å². The minimum atomic E-state index is -3.48. The molecular weight excluding hydrogens is 262 g/mol. The highest BCUT2D eigenvalue weighted by molar-refractivity contribution is 7.91. The van der Waals surface area contributed by atoms with Gasteiger partial charge in [0.2, 0.25) is 5.91 Å². The van der Waals surface area contributed by atoms with Gasteiger partial charge >= 0.3 is 5.97 Å². The molecule has 1 amide bonds. The van der Waals surface area contributed by atoms with Crippen LogP contribution in [0.5, 0.6) is 0 Å². The number of sulfone groups is 1. The number of rotatable bonds is 6. The van der Waals surface area contributed by atoms with Gasteiger partial charge in [0.25, 0.3) is 0 Å². The van der Waals surface area contributed by atoms with Crippen molar-refractivity contribution in [3.63, 3.8) is 0 Å². The summed E-state index contributed by atoms with van der Waals surface area (Å²) < 4.78 is 21.8. The molecule has 3 N–H and O–H groups in total. The zero-order chi connectivity index (χ0) is 13.8. The molecule has 0 fully saturated rings. The smallest absolute Gasteiger partial charge is 0.326 e. The largest absolute Gasteiger partial charge is 0.480 e. The molecule has 0 aromatic carbocycles. The first kappa shape index (κ1) is 14.2. The van der Waals surface area contributed by atoms with E-state index in [2.05, 4.69) is 15.3 Å². The van der Waals surface area contributed by atoms with E-state index in [-0.39, 0.29) is 6.42 Å². The molecule has 0 aliphatic carbocycles. The second-order valence-corrected chi connectivity index (χ2v) is 5.95. The number of hydrogen-bond donors (Lipinski definition) is 3. The summed E-state index contributed by atoms with van der Waals surface area (Å²) in [5.41, 5.74) is 0.530. The van der Waals surface area contributed by atoms with Crippen LogP contribution in [0.1, 0.15) is 5.69 Å². The minimum Gasteiger partial charge on any atom is -0.480 e. The van der Waals surface area contributed by atoms with Crippen LogP contribution in [0.4, 0.5) is 0 Å². The highest BCUT2D eigenvalue weighted by atomic mass is 32.2. The minimum absolute atomic E-state index is 0.00480. The van der Waals surface area contributed by atoms with E-state index in [0.29, 0.717) is 5.69 Å². The van der Waals surface area contributed by atoms with Crippen molar-refractivity contribution >= 4 is 21.7 Å². The highest BCUT2D eigenvalue weighted by Crippen LogP contribution is 1.99. The Morgan fingerprint density at radius 1 is 1.56 bits per heavy atom. The van der Waals surface area contributed by atoms with Crippen molar-refractivity contribution in [2.24, 2.45) is 0 Å². The summed E-state index contributed by atoms with van der Waals surface area (Å²) in [5, 5.41) is 11.1. The number of carbonyl (C=O) groups is 2. The summed E-state index contributed by atoms with van der Waals surface area (Å²) in [7, 11) is -3.48. The van der Waals surface area contributed by atoms with Gasteiger partial charge in [-0.1, -0.05) is 0 Å². The van der Waals surface area contributed by atoms with E-state index in [1.807, 2.05) is 0 Å². The van der Waals surface area contributed by atoms with Crippen molar-refractivity contribution in [3.05, 3.63) is 18.2 Å². The zero-order valence-corrected chi connectivity index (χ0v) is 10.4. The fourth-order valence-electron chi connectivity index (χ4n) is 1.29. The van der Waals surface area contributed by atoms with E-state index < -0.39 is 33.5 Å². The molecule has 100 valence electrons. The van der Waals surface area contributed by atoms with E-state index in [4.69, 9.17) is 5.11 Å². The molecule has 1 atom stereocenters. The number of hydrogen-bond acceptors (Lipinski definition) is 5. The zero-order valence-electron chi connectivity index (χ0n) is 9.58. The number of aromatic nitrogens is 2. The van der Waals surface area contributed by atoms with Gasteiger partial charge in [-0.25, -0.2) is 18.2 Å². The first-order valence-electron chi connectivity index (χ1n) is 4.95. The molecule has 8 nitrogen and oxygen atoms in total. The summed E-state index contributed by atoms with van der Waals surface area (Å²) in [6.45, 7) is 0. The van der Waals surface area contributed by atoms with Gasteiger partial charge < -0.3 is 15.4 Å². The predicted octanol–water partition coefficient (Wildman–Crippen LogP) is -1.43. The number of amides is 1. The Balaban J connectivity index is 2.64. The normalized spacial score (nSPS) is 12.9. The van der Waals surface area contributed by atoms with E-state index in [9.17, 15) is 18.0 Å². The van der Waals surface area contributed by atoms with Crippen LogP contribution in [0.2, 0.25) is 0 Å². The van der Waals surface area contributed by atoms with Gasteiger partial charge in [-0.3, -0.25) is 4.79 Å². The molecule has 0 aliphatic rings. The lowest BCUT2D eigenvalue weighted by molar-refractivity contribution is -0.141. The maximum Gasteiger partial charge on any atom is 0.326 e. The molecule has 1 heterocycles. The molecule has 0 saturated heterocycles. The number of imidazole rings is 1. The Bertz CT molecular complexity index is 522. The van der Waals surface area contributed by atoms with Crippen LogP contribution in [0, 0.1) is 0 Å². The number of carboxylic acid groups (broad SMARTS) is 1. The van der Waals surface area contributed by atoms with E-state index in [1.54, 1.807) is 0 Å². The second kappa shape index (κ2) is 5.63. The van der Waals surface area contributed by atoms with Crippen LogP contribution in [-0.4, -0.2) is 53.4 Å². The van der Waals surface area contributed by atoms with Gasteiger partial charge in [0.15, 0.2) is 9.84 Å². The maximum absolute atomic E-state index is 11.3. The van der Waals surface area contributed by atoms with Crippen LogP contribution in [0.3, 0.4) is 0 Å². The fourth-order valence-corrected chi connectivity index (χ4v) is 1.85. The van der Waals surface area contributed by atoms with Crippen molar-refractivity contribution in [1.29, 1.82) is 0 Å². The summed E-state index contributed by atoms with van der Waals surface area (Å²) in [4.78, 5) is 28.7. The number of nitrogens with one attached hydrogen (secondary N) is 2. The summed E-state index contributed by atoms with van der Waals surface area (Å²) in [6.07, 6.45) is 3.72. The van der Waals surface area contributed by atoms with Crippen molar-refractivity contribution < 1.29 is 23.1 Å². The van der Waals surface area contributed by atoms with Gasteiger partial charge in [0.05, 0.1) is 6.33 Å². The van der Waals surface area contributed by atoms with Crippen molar-refractivity contribution in [3.8, 4) is 0 Å². The number of carboxylic acids is 1. The topological polar surface area (TPSA) is 129 Å². The third-order valence-electron chi connectivity index (χ3n) is 2.01. The lowest BCUT2D eigenvalue weighted by atomic mass is 10.1. The molecule has 18 heavy (non-hydrogen) atoms. The van der Waals surface area contributed by atoms with Crippen LogP contribution < -0.4 is 5.32 Å². The lowest BCUT2D eigenvalue weighted by Crippen LogP contribution is -2.44. The number of aliphatic carboxylic acids is 1. The first-order valence-corrected chi connectivity index (χ1v) is 7.01. The quantitative estimate of drug-likeness (QED) is 0.583. The molecule has 1 rings (SSSR count).